The number of nitrogens with one attached hydrogen (secondary N) is 2. The molecule has 4 rings (SSSR count). The van der Waals surface area contributed by atoms with Crippen molar-refractivity contribution in [1.82, 2.24) is 10.6 Å². The van der Waals surface area contributed by atoms with E-state index in [1.54, 1.807) is 14.2 Å². The van der Waals surface area contributed by atoms with Crippen molar-refractivity contribution >= 4 is 17.8 Å². The van der Waals surface area contributed by atoms with E-state index < -0.39 is 11.6 Å². The maximum Gasteiger partial charge on any atom is 0.306 e. The molecule has 0 aromatic heterocycles. The Morgan fingerprint density at radius 2 is 1.03 bits per heavy atom. The average molecular weight is 1030 g/mol. The Balaban J connectivity index is 1.31. The average Bonchev–Trinajstić information content (AvgIpc) is 3.43. The summed E-state index contributed by atoms with van der Waals surface area (Å²) in [5, 5.41) is 6.35. The molecule has 0 spiro atoms. The molecule has 0 heterocycles. The van der Waals surface area contributed by atoms with Crippen LogP contribution in [0.15, 0.2) is 152 Å². The first-order valence-corrected chi connectivity index (χ1v) is 28.5. The lowest BCUT2D eigenvalue weighted by atomic mass is 9.79. The van der Waals surface area contributed by atoms with Gasteiger partial charge in [-0.1, -0.05) is 199 Å². The van der Waals surface area contributed by atoms with E-state index in [0.29, 0.717) is 25.8 Å². The second-order valence-electron chi connectivity index (χ2n) is 19.7. The van der Waals surface area contributed by atoms with Crippen LogP contribution in [0.5, 0.6) is 11.5 Å². The number of esters is 1. The number of methoxy groups -OCH3 is 2. The molecule has 0 bridgehead atoms. The molecule has 1 fully saturated rings. The lowest BCUT2D eigenvalue weighted by Crippen LogP contribution is -2.36. The number of allylic oxidation sites excluding steroid dienone is 12. The van der Waals surface area contributed by atoms with Crippen molar-refractivity contribution in [3.63, 3.8) is 0 Å². The van der Waals surface area contributed by atoms with Crippen molar-refractivity contribution < 1.29 is 33.3 Å². The van der Waals surface area contributed by atoms with Gasteiger partial charge in [0.25, 0.3) is 0 Å². The van der Waals surface area contributed by atoms with E-state index in [9.17, 15) is 14.4 Å². The highest BCUT2D eigenvalue weighted by Gasteiger charge is 2.38. The van der Waals surface area contributed by atoms with Gasteiger partial charge in [-0.25, -0.2) is 0 Å². The predicted molar refractivity (Wildman–Crippen MR) is 309 cm³/mol. The van der Waals surface area contributed by atoms with Gasteiger partial charge in [-0.2, -0.15) is 0 Å². The maximum absolute atomic E-state index is 13.4. The number of carbonyl (C=O) groups excluding carboxylic acids is 3. The molecule has 9 nitrogen and oxygen atoms in total. The molecular weight excluding hydrogens is 933 g/mol. The van der Waals surface area contributed by atoms with Crippen LogP contribution >= 0.6 is 0 Å². The lowest BCUT2D eigenvalue weighted by Gasteiger charge is -2.37. The van der Waals surface area contributed by atoms with Crippen LogP contribution in [0, 0.1) is 5.92 Å². The Hall–Kier alpha value is -5.93. The quantitative estimate of drug-likeness (QED) is 0.0270. The molecule has 0 aliphatic heterocycles. The molecule has 1 aliphatic carbocycles. The standard InChI is InChI=1S/C66H92N2O7/c1-4-5-6-7-8-9-10-11-12-13-14-15-16-17-18-22-25-28-34-42-63(69)67-53-36-35-37-56(54-74-65(71)52-51-64(70)68-60-40-32-26-23-20-19-21-24-27-33-41-60)55-75-66(57-38-30-29-31-39-57,58-43-47-61(72-2)48-44-58)59-45-49-62(73-3)50-46-59/h5-6,8-9,11-12,14-15,17-18,25,28-31,38-39,43-50,56,60H,4,7,10,13,16,19-24,26-27,32-37,40-42,51-55H2,1-3H3,(H,67,69)(H,68,70)/b6-5-,9-8-,12-11-,15-14-,18-17-,28-25-. The Morgan fingerprint density at radius 3 is 1.53 bits per heavy atom. The molecule has 1 saturated carbocycles. The number of benzene rings is 3. The molecule has 9 heteroatoms. The van der Waals surface area contributed by atoms with E-state index in [-0.39, 0.29) is 49.8 Å². The van der Waals surface area contributed by atoms with Crippen LogP contribution in [0.4, 0.5) is 0 Å². The normalized spacial score (nSPS) is 14.9. The summed E-state index contributed by atoms with van der Waals surface area (Å²) in [7, 11) is 3.31. The summed E-state index contributed by atoms with van der Waals surface area (Å²) in [4.78, 5) is 39.4. The molecule has 1 unspecified atom stereocenters. The minimum absolute atomic E-state index is 0.0163. The summed E-state index contributed by atoms with van der Waals surface area (Å²) in [6.45, 7) is 3.11. The zero-order chi connectivity index (χ0) is 53.3. The number of carbonyl (C=O) groups is 3. The number of unbranched alkanes of at least 4 members (excludes halogenated alkanes) is 1. The number of rotatable bonds is 33. The maximum atomic E-state index is 13.4. The fourth-order valence-corrected chi connectivity index (χ4v) is 9.37. The highest BCUT2D eigenvalue weighted by molar-refractivity contribution is 5.81. The van der Waals surface area contributed by atoms with Gasteiger partial charge in [0.2, 0.25) is 11.8 Å². The van der Waals surface area contributed by atoms with Crippen molar-refractivity contribution in [2.24, 2.45) is 5.92 Å². The summed E-state index contributed by atoms with van der Waals surface area (Å²) in [5.74, 6) is 0.836. The SMILES string of the molecule is CC/C=C\C/C=C\C/C=C\C/C=C\C/C=C\C/C=C\CCC(=O)NCCCCC(COC(=O)CCC(=O)NC1CCCCCCCCCCC1)COC(c1ccccc1)(c1ccc(OC)cc1)c1ccc(OC)cc1. The van der Waals surface area contributed by atoms with Crippen LogP contribution in [0.2, 0.25) is 0 Å². The summed E-state index contributed by atoms with van der Waals surface area (Å²) in [6, 6.07) is 26.2. The van der Waals surface area contributed by atoms with Crippen molar-refractivity contribution in [1.29, 1.82) is 0 Å². The van der Waals surface area contributed by atoms with Gasteiger partial charge in [0, 0.05) is 31.3 Å². The Bertz CT molecular complexity index is 2110. The van der Waals surface area contributed by atoms with E-state index in [1.807, 2.05) is 66.7 Å². The minimum atomic E-state index is -1.04. The zero-order valence-corrected chi connectivity index (χ0v) is 46.0. The van der Waals surface area contributed by atoms with Crippen LogP contribution in [0.3, 0.4) is 0 Å². The third kappa shape index (κ3) is 25.9. The van der Waals surface area contributed by atoms with E-state index in [1.165, 1.54) is 44.9 Å². The smallest absolute Gasteiger partial charge is 0.306 e. The van der Waals surface area contributed by atoms with Crippen molar-refractivity contribution in [2.75, 3.05) is 34.0 Å². The predicted octanol–water partition coefficient (Wildman–Crippen LogP) is 15.5. The van der Waals surface area contributed by atoms with Gasteiger partial charge in [0.1, 0.15) is 17.1 Å². The first-order valence-electron chi connectivity index (χ1n) is 28.5. The Morgan fingerprint density at radius 1 is 0.547 bits per heavy atom. The van der Waals surface area contributed by atoms with Crippen molar-refractivity contribution in [3.05, 3.63) is 168 Å². The molecule has 1 aliphatic rings. The van der Waals surface area contributed by atoms with Crippen LogP contribution in [-0.4, -0.2) is 57.8 Å². The van der Waals surface area contributed by atoms with E-state index in [2.05, 4.69) is 103 Å². The molecule has 408 valence electrons. The fourth-order valence-electron chi connectivity index (χ4n) is 9.37. The van der Waals surface area contributed by atoms with Crippen LogP contribution < -0.4 is 20.1 Å². The third-order valence-electron chi connectivity index (χ3n) is 13.7. The zero-order valence-electron chi connectivity index (χ0n) is 46.0. The van der Waals surface area contributed by atoms with Gasteiger partial charge < -0.3 is 29.6 Å². The van der Waals surface area contributed by atoms with E-state index in [4.69, 9.17) is 18.9 Å². The largest absolute Gasteiger partial charge is 0.497 e. The summed E-state index contributed by atoms with van der Waals surface area (Å²) < 4.78 is 24.4. The molecule has 1 atom stereocenters. The molecule has 2 amide bonds. The molecule has 0 saturated heterocycles. The van der Waals surface area contributed by atoms with Crippen LogP contribution in [0.25, 0.3) is 0 Å². The minimum Gasteiger partial charge on any atom is -0.497 e. The molecule has 0 radical (unpaired) electrons. The lowest BCUT2D eigenvalue weighted by molar-refractivity contribution is -0.147. The summed E-state index contributed by atoms with van der Waals surface area (Å²) in [5.41, 5.74) is 1.73. The number of hydrogen-bond acceptors (Lipinski definition) is 7. The second-order valence-corrected chi connectivity index (χ2v) is 19.7. The molecule has 3 aromatic carbocycles. The Kier molecular flexibility index (Phi) is 32.4. The third-order valence-corrected chi connectivity index (χ3v) is 13.7. The molecular formula is C66H92N2O7. The van der Waals surface area contributed by atoms with Gasteiger partial charge in [0.15, 0.2) is 0 Å². The van der Waals surface area contributed by atoms with Gasteiger partial charge in [-0.15, -0.1) is 0 Å². The fraction of sp³-hybridized carbons (Fsp3) is 0.500. The van der Waals surface area contributed by atoms with E-state index >= 15 is 0 Å². The molecule has 75 heavy (non-hydrogen) atoms. The summed E-state index contributed by atoms with van der Waals surface area (Å²) in [6.07, 6.45) is 48.5. The monoisotopic (exact) mass is 1020 g/mol. The van der Waals surface area contributed by atoms with Gasteiger partial charge in [-0.05, 0) is 112 Å². The van der Waals surface area contributed by atoms with Crippen molar-refractivity contribution in [3.8, 4) is 11.5 Å². The van der Waals surface area contributed by atoms with Gasteiger partial charge >= 0.3 is 5.97 Å². The number of hydrogen-bond donors (Lipinski definition) is 2. The highest BCUT2D eigenvalue weighted by Crippen LogP contribution is 2.42. The summed E-state index contributed by atoms with van der Waals surface area (Å²) >= 11 is 0. The van der Waals surface area contributed by atoms with E-state index in [0.717, 1.165) is 105 Å². The first kappa shape index (κ1) is 61.6. The molecule has 2 N–H and O–H groups in total. The van der Waals surface area contributed by atoms with Gasteiger partial charge in [0.05, 0.1) is 33.9 Å². The first-order chi connectivity index (χ1) is 36.9. The van der Waals surface area contributed by atoms with Gasteiger partial charge in [-0.3, -0.25) is 14.4 Å². The second kappa shape index (κ2) is 39.5. The van der Waals surface area contributed by atoms with Crippen LogP contribution in [0.1, 0.15) is 178 Å². The van der Waals surface area contributed by atoms with Crippen LogP contribution in [-0.2, 0) is 29.5 Å². The number of ether oxygens (including phenoxy) is 4. The Labute approximate surface area is 452 Å². The molecule has 3 aromatic rings. The highest BCUT2D eigenvalue weighted by atomic mass is 16.5. The van der Waals surface area contributed by atoms with Crippen molar-refractivity contribution in [2.45, 2.75) is 173 Å². The number of amides is 2. The topological polar surface area (TPSA) is 112 Å².